The predicted octanol–water partition coefficient (Wildman–Crippen LogP) is 4.02. The molecule has 0 saturated carbocycles. The highest BCUT2D eigenvalue weighted by Crippen LogP contribution is 2.33. The first kappa shape index (κ1) is 18.7. The molecule has 4 heteroatoms. The Morgan fingerprint density at radius 1 is 1.00 bits per heavy atom. The minimum Gasteiger partial charge on any atom is -0.490 e. The fourth-order valence-corrected chi connectivity index (χ4v) is 3.37. The lowest BCUT2D eigenvalue weighted by Gasteiger charge is -2.28. The third-order valence-corrected chi connectivity index (χ3v) is 4.91. The molecular weight excluding hydrogens is 324 g/mol. The van der Waals surface area contributed by atoms with Crippen molar-refractivity contribution >= 4 is 0 Å². The van der Waals surface area contributed by atoms with Crippen molar-refractivity contribution in [3.63, 3.8) is 0 Å². The lowest BCUT2D eigenvalue weighted by atomic mass is 10.1. The molecule has 0 amide bonds. The molecule has 0 spiro atoms. The van der Waals surface area contributed by atoms with Gasteiger partial charge in [0.1, 0.15) is 6.61 Å². The number of benzene rings is 2. The van der Waals surface area contributed by atoms with Crippen LogP contribution in [0.2, 0.25) is 0 Å². The predicted molar refractivity (Wildman–Crippen MR) is 106 cm³/mol. The van der Waals surface area contributed by atoms with E-state index in [1.807, 2.05) is 25.1 Å². The maximum absolute atomic E-state index is 6.03. The van der Waals surface area contributed by atoms with Crippen molar-refractivity contribution < 1.29 is 9.47 Å². The number of nitrogens with one attached hydrogen (secondary N) is 1. The zero-order valence-corrected chi connectivity index (χ0v) is 15.9. The Balaban J connectivity index is 1.72. The van der Waals surface area contributed by atoms with Crippen molar-refractivity contribution in [1.29, 1.82) is 0 Å². The topological polar surface area (TPSA) is 33.7 Å². The van der Waals surface area contributed by atoms with Crippen LogP contribution in [0.25, 0.3) is 0 Å². The van der Waals surface area contributed by atoms with Gasteiger partial charge in [0, 0.05) is 19.1 Å². The van der Waals surface area contributed by atoms with Gasteiger partial charge < -0.3 is 14.8 Å². The lowest BCUT2D eigenvalue weighted by molar-refractivity contribution is 0.223. The third kappa shape index (κ3) is 4.99. The van der Waals surface area contributed by atoms with Gasteiger partial charge in [-0.2, -0.15) is 0 Å². The second-order valence-corrected chi connectivity index (χ2v) is 6.73. The quantitative estimate of drug-likeness (QED) is 0.814. The van der Waals surface area contributed by atoms with Gasteiger partial charge in [0.15, 0.2) is 11.5 Å². The fourth-order valence-electron chi connectivity index (χ4n) is 3.37. The Hall–Kier alpha value is -2.04. The minimum absolute atomic E-state index is 0.372. The highest BCUT2D eigenvalue weighted by molar-refractivity contribution is 5.44. The van der Waals surface area contributed by atoms with Crippen LogP contribution in [0.1, 0.15) is 37.4 Å². The van der Waals surface area contributed by atoms with Crippen molar-refractivity contribution in [3.05, 3.63) is 59.7 Å². The third-order valence-electron chi connectivity index (χ3n) is 4.91. The normalized spacial score (nSPS) is 16.7. The van der Waals surface area contributed by atoms with Gasteiger partial charge in [-0.1, -0.05) is 36.4 Å². The molecule has 1 N–H and O–H groups in total. The molecule has 140 valence electrons. The molecule has 1 aliphatic rings. The molecule has 0 bridgehead atoms. The van der Waals surface area contributed by atoms with E-state index in [1.165, 1.54) is 12.0 Å². The van der Waals surface area contributed by atoms with Crippen LogP contribution in [0.15, 0.2) is 48.5 Å². The van der Waals surface area contributed by atoms with Crippen LogP contribution >= 0.6 is 0 Å². The van der Waals surface area contributed by atoms with Crippen LogP contribution in [0.5, 0.6) is 11.5 Å². The molecule has 2 aromatic carbocycles. The molecule has 1 saturated heterocycles. The first-order chi connectivity index (χ1) is 12.8. The second-order valence-electron chi connectivity index (χ2n) is 6.73. The summed E-state index contributed by atoms with van der Waals surface area (Å²) in [6.07, 6.45) is 1.20. The minimum atomic E-state index is 0.372. The molecule has 0 radical (unpaired) electrons. The Labute approximate surface area is 157 Å². The highest BCUT2D eigenvalue weighted by Gasteiger charge is 2.19. The Bertz CT molecular complexity index is 667. The zero-order chi connectivity index (χ0) is 18.2. The summed E-state index contributed by atoms with van der Waals surface area (Å²) in [6.45, 7) is 9.85. The van der Waals surface area contributed by atoms with Gasteiger partial charge in [-0.15, -0.1) is 0 Å². The molecule has 26 heavy (non-hydrogen) atoms. The Morgan fingerprint density at radius 3 is 2.65 bits per heavy atom. The molecule has 1 aliphatic heterocycles. The van der Waals surface area contributed by atoms with Gasteiger partial charge in [-0.25, -0.2) is 0 Å². The molecule has 0 aliphatic carbocycles. The summed E-state index contributed by atoms with van der Waals surface area (Å²) in [7, 11) is 0. The lowest BCUT2D eigenvalue weighted by Crippen LogP contribution is -2.30. The van der Waals surface area contributed by atoms with E-state index in [-0.39, 0.29) is 0 Å². The summed E-state index contributed by atoms with van der Waals surface area (Å²) in [5, 5.41) is 3.47. The van der Waals surface area contributed by atoms with Crippen LogP contribution < -0.4 is 14.8 Å². The summed E-state index contributed by atoms with van der Waals surface area (Å²) in [5.41, 5.74) is 2.44. The van der Waals surface area contributed by atoms with E-state index in [0.717, 1.165) is 43.2 Å². The highest BCUT2D eigenvalue weighted by atomic mass is 16.5. The van der Waals surface area contributed by atoms with E-state index < -0.39 is 0 Å². The van der Waals surface area contributed by atoms with Crippen molar-refractivity contribution in [2.45, 2.75) is 32.9 Å². The number of hydrogen-bond donors (Lipinski definition) is 1. The number of rotatable bonds is 7. The van der Waals surface area contributed by atoms with Gasteiger partial charge in [0.05, 0.1) is 6.61 Å². The summed E-state index contributed by atoms with van der Waals surface area (Å²) in [6, 6.07) is 17.0. The second kappa shape index (κ2) is 9.60. The van der Waals surface area contributed by atoms with E-state index in [1.54, 1.807) is 0 Å². The van der Waals surface area contributed by atoms with E-state index >= 15 is 0 Å². The Kier molecular flexibility index (Phi) is 6.92. The summed E-state index contributed by atoms with van der Waals surface area (Å²) in [5.74, 6) is 1.64. The van der Waals surface area contributed by atoms with Crippen molar-refractivity contribution in [2.24, 2.45) is 0 Å². The van der Waals surface area contributed by atoms with E-state index in [2.05, 4.69) is 47.5 Å². The molecule has 3 rings (SSSR count). The maximum atomic E-state index is 6.03. The number of ether oxygens (including phenoxy) is 2. The van der Waals surface area contributed by atoms with Gasteiger partial charge in [0.2, 0.25) is 0 Å². The van der Waals surface area contributed by atoms with E-state index in [0.29, 0.717) is 19.3 Å². The molecule has 1 heterocycles. The summed E-state index contributed by atoms with van der Waals surface area (Å²) in [4.78, 5) is 2.54. The standard InChI is InChI=1S/C22H30N2O2/c1-3-25-22-16-20(18(2)24-14-7-12-23-13-15-24)10-11-21(22)26-17-19-8-5-4-6-9-19/h4-6,8-11,16,18,23H,3,7,12-15,17H2,1-2H3. The molecule has 1 atom stereocenters. The largest absolute Gasteiger partial charge is 0.490 e. The van der Waals surface area contributed by atoms with Gasteiger partial charge in [-0.3, -0.25) is 4.90 Å². The molecule has 1 unspecified atom stereocenters. The van der Waals surface area contributed by atoms with Gasteiger partial charge in [0.25, 0.3) is 0 Å². The van der Waals surface area contributed by atoms with E-state index in [9.17, 15) is 0 Å². The van der Waals surface area contributed by atoms with Crippen molar-refractivity contribution in [3.8, 4) is 11.5 Å². The molecule has 2 aromatic rings. The number of nitrogens with zero attached hydrogens (tertiary/aromatic N) is 1. The fraction of sp³-hybridized carbons (Fsp3) is 0.455. The van der Waals surface area contributed by atoms with Crippen molar-refractivity contribution in [1.82, 2.24) is 10.2 Å². The van der Waals surface area contributed by atoms with Gasteiger partial charge >= 0.3 is 0 Å². The SMILES string of the molecule is CCOc1cc(C(C)N2CCCNCC2)ccc1OCc1ccccc1. The van der Waals surface area contributed by atoms with Crippen LogP contribution in [0.3, 0.4) is 0 Å². The number of hydrogen-bond acceptors (Lipinski definition) is 4. The molecule has 0 aromatic heterocycles. The maximum Gasteiger partial charge on any atom is 0.161 e. The summed E-state index contributed by atoms with van der Waals surface area (Å²) >= 11 is 0. The van der Waals surface area contributed by atoms with Crippen LogP contribution in [0.4, 0.5) is 0 Å². The average molecular weight is 354 g/mol. The Morgan fingerprint density at radius 2 is 1.85 bits per heavy atom. The molecule has 1 fully saturated rings. The smallest absolute Gasteiger partial charge is 0.161 e. The molecular formula is C22H30N2O2. The van der Waals surface area contributed by atoms with Crippen LogP contribution in [-0.2, 0) is 6.61 Å². The van der Waals surface area contributed by atoms with E-state index in [4.69, 9.17) is 9.47 Å². The zero-order valence-electron chi connectivity index (χ0n) is 15.9. The molecule has 4 nitrogen and oxygen atoms in total. The first-order valence-electron chi connectivity index (χ1n) is 9.66. The van der Waals surface area contributed by atoms with Gasteiger partial charge in [-0.05, 0) is 56.6 Å². The van der Waals surface area contributed by atoms with Crippen LogP contribution in [0, 0.1) is 0 Å². The van der Waals surface area contributed by atoms with Crippen molar-refractivity contribution in [2.75, 3.05) is 32.8 Å². The van der Waals surface area contributed by atoms with Crippen LogP contribution in [-0.4, -0.2) is 37.7 Å². The monoisotopic (exact) mass is 354 g/mol. The average Bonchev–Trinajstić information content (AvgIpc) is 2.97. The summed E-state index contributed by atoms with van der Waals surface area (Å²) < 4.78 is 11.9. The first-order valence-corrected chi connectivity index (χ1v) is 9.66.